The van der Waals surface area contributed by atoms with Gasteiger partial charge in [0.1, 0.15) is 0 Å². The van der Waals surface area contributed by atoms with E-state index in [4.69, 9.17) is 4.74 Å². The number of anilines is 1. The van der Waals surface area contributed by atoms with Gasteiger partial charge in [0.15, 0.2) is 11.4 Å². The fourth-order valence-electron chi connectivity index (χ4n) is 1.83. The number of nitrogens with zero attached hydrogens (tertiary/aromatic N) is 2. The monoisotopic (exact) mass is 240 g/mol. The first-order chi connectivity index (χ1) is 7.76. The van der Waals surface area contributed by atoms with Crippen LogP contribution in [0, 0.1) is 0 Å². The van der Waals surface area contributed by atoms with Gasteiger partial charge in [-0.2, -0.15) is 0 Å². The van der Waals surface area contributed by atoms with Crippen LogP contribution < -0.4 is 4.90 Å². The summed E-state index contributed by atoms with van der Waals surface area (Å²) in [6.07, 6.45) is 1.72. The maximum absolute atomic E-state index is 10.9. The highest BCUT2D eigenvalue weighted by Crippen LogP contribution is 2.28. The number of morpholine rings is 1. The zero-order valence-electron chi connectivity index (χ0n) is 9.60. The second-order valence-electron chi connectivity index (χ2n) is 3.90. The highest BCUT2D eigenvalue weighted by Gasteiger charge is 2.23. The Bertz CT molecular complexity index is 378. The minimum Gasteiger partial charge on any atom is -0.377 e. The number of rotatable bonds is 3. The molecular formula is C11H16N2O2S. The zero-order chi connectivity index (χ0) is 11.5. The van der Waals surface area contributed by atoms with Crippen molar-refractivity contribution in [1.82, 2.24) is 4.98 Å². The third kappa shape index (κ3) is 2.10. The Morgan fingerprint density at radius 2 is 2.50 bits per heavy atom. The first-order valence-corrected chi connectivity index (χ1v) is 6.37. The number of hydrogen-bond acceptors (Lipinski definition) is 5. The van der Waals surface area contributed by atoms with Gasteiger partial charge >= 0.3 is 0 Å². The molecule has 1 aromatic rings. The van der Waals surface area contributed by atoms with Crippen LogP contribution in [0.2, 0.25) is 0 Å². The van der Waals surface area contributed by atoms with E-state index >= 15 is 0 Å². The van der Waals surface area contributed by atoms with Gasteiger partial charge in [0.2, 0.25) is 0 Å². The van der Waals surface area contributed by atoms with Crippen molar-refractivity contribution >= 4 is 22.8 Å². The molecule has 0 bridgehead atoms. The van der Waals surface area contributed by atoms with Gasteiger partial charge in [-0.3, -0.25) is 4.79 Å². The molecule has 1 atom stereocenters. The SMILES string of the molecule is CCc1nc(N2CCOCC2C)sc1C=O. The molecule has 5 heteroatoms. The molecule has 0 saturated carbocycles. The molecule has 1 unspecified atom stereocenters. The molecule has 1 aliphatic rings. The van der Waals surface area contributed by atoms with E-state index in [1.807, 2.05) is 6.92 Å². The van der Waals surface area contributed by atoms with Crippen molar-refractivity contribution in [2.24, 2.45) is 0 Å². The zero-order valence-corrected chi connectivity index (χ0v) is 10.4. The predicted molar refractivity (Wildman–Crippen MR) is 64.5 cm³/mol. The fourth-order valence-corrected chi connectivity index (χ4v) is 2.93. The molecule has 2 rings (SSSR count). The van der Waals surface area contributed by atoms with Crippen LogP contribution in [0.4, 0.5) is 5.13 Å². The largest absolute Gasteiger partial charge is 0.377 e. The van der Waals surface area contributed by atoms with Crippen LogP contribution in [0.5, 0.6) is 0 Å². The normalized spacial score (nSPS) is 21.1. The van der Waals surface area contributed by atoms with E-state index in [0.29, 0.717) is 6.04 Å². The minimum atomic E-state index is 0.337. The molecule has 1 aliphatic heterocycles. The molecule has 2 heterocycles. The van der Waals surface area contributed by atoms with Crippen molar-refractivity contribution in [3.05, 3.63) is 10.6 Å². The summed E-state index contributed by atoms with van der Waals surface area (Å²) in [4.78, 5) is 18.4. The number of hydrogen-bond donors (Lipinski definition) is 0. The summed E-state index contributed by atoms with van der Waals surface area (Å²) in [7, 11) is 0. The highest BCUT2D eigenvalue weighted by molar-refractivity contribution is 7.17. The molecule has 0 spiro atoms. The van der Waals surface area contributed by atoms with Crippen LogP contribution >= 0.6 is 11.3 Å². The first-order valence-electron chi connectivity index (χ1n) is 5.55. The lowest BCUT2D eigenvalue weighted by molar-refractivity contribution is 0.0989. The van der Waals surface area contributed by atoms with Crippen molar-refractivity contribution < 1.29 is 9.53 Å². The topological polar surface area (TPSA) is 42.4 Å². The Kier molecular flexibility index (Phi) is 3.56. The van der Waals surface area contributed by atoms with E-state index in [1.165, 1.54) is 11.3 Å². The predicted octanol–water partition coefficient (Wildman–Crippen LogP) is 1.74. The van der Waals surface area contributed by atoms with Crippen LogP contribution in [-0.4, -0.2) is 37.1 Å². The van der Waals surface area contributed by atoms with Crippen molar-refractivity contribution in [2.45, 2.75) is 26.3 Å². The van der Waals surface area contributed by atoms with Crippen LogP contribution in [0.1, 0.15) is 29.2 Å². The molecule has 1 fully saturated rings. The standard InChI is InChI=1S/C11H16N2O2S/c1-3-9-10(6-14)16-11(12-9)13-4-5-15-7-8(13)2/h6,8H,3-5,7H2,1-2H3. The van der Waals surface area contributed by atoms with Crippen LogP contribution in [-0.2, 0) is 11.2 Å². The molecular weight excluding hydrogens is 224 g/mol. The highest BCUT2D eigenvalue weighted by atomic mass is 32.1. The summed E-state index contributed by atoms with van der Waals surface area (Å²) in [6, 6.07) is 0.337. The number of thiazole rings is 1. The number of carbonyl (C=O) groups is 1. The maximum Gasteiger partial charge on any atom is 0.186 e. The summed E-state index contributed by atoms with van der Waals surface area (Å²) in [5.74, 6) is 0. The van der Waals surface area contributed by atoms with E-state index in [1.54, 1.807) is 0 Å². The van der Waals surface area contributed by atoms with Crippen molar-refractivity contribution in [1.29, 1.82) is 0 Å². The molecule has 16 heavy (non-hydrogen) atoms. The van der Waals surface area contributed by atoms with E-state index in [9.17, 15) is 4.79 Å². The number of aryl methyl sites for hydroxylation is 1. The average Bonchev–Trinajstić information content (AvgIpc) is 2.72. The van der Waals surface area contributed by atoms with Gasteiger partial charge < -0.3 is 9.64 Å². The van der Waals surface area contributed by atoms with Crippen molar-refractivity contribution in [3.63, 3.8) is 0 Å². The molecule has 4 nitrogen and oxygen atoms in total. The van der Waals surface area contributed by atoms with Gasteiger partial charge in [-0.25, -0.2) is 4.98 Å². The summed E-state index contributed by atoms with van der Waals surface area (Å²) in [5, 5.41) is 0.953. The Hall–Kier alpha value is -0.940. The number of aromatic nitrogens is 1. The lowest BCUT2D eigenvalue weighted by Gasteiger charge is -2.32. The fraction of sp³-hybridized carbons (Fsp3) is 0.636. The lowest BCUT2D eigenvalue weighted by Crippen LogP contribution is -2.43. The molecule has 1 aromatic heterocycles. The Morgan fingerprint density at radius 1 is 1.69 bits per heavy atom. The Balaban J connectivity index is 2.25. The number of carbonyl (C=O) groups excluding carboxylic acids is 1. The molecule has 88 valence electrons. The second-order valence-corrected chi connectivity index (χ2v) is 4.91. The van der Waals surface area contributed by atoms with Gasteiger partial charge in [0.25, 0.3) is 0 Å². The summed E-state index contributed by atoms with van der Waals surface area (Å²) >= 11 is 1.49. The first kappa shape index (κ1) is 11.5. The Labute approximate surface area is 99.2 Å². The molecule has 0 amide bonds. The maximum atomic E-state index is 10.9. The smallest absolute Gasteiger partial charge is 0.186 e. The van der Waals surface area contributed by atoms with Crippen molar-refractivity contribution in [2.75, 3.05) is 24.7 Å². The average molecular weight is 240 g/mol. The summed E-state index contributed by atoms with van der Waals surface area (Å²) in [5.41, 5.74) is 0.911. The Morgan fingerprint density at radius 3 is 3.06 bits per heavy atom. The van der Waals surface area contributed by atoms with Gasteiger partial charge in [-0.05, 0) is 13.3 Å². The van der Waals surface area contributed by atoms with E-state index in [-0.39, 0.29) is 0 Å². The molecule has 1 saturated heterocycles. The molecule has 0 N–H and O–H groups in total. The minimum absolute atomic E-state index is 0.337. The van der Waals surface area contributed by atoms with Gasteiger partial charge in [-0.15, -0.1) is 0 Å². The van der Waals surface area contributed by atoms with Crippen molar-refractivity contribution in [3.8, 4) is 0 Å². The third-order valence-electron chi connectivity index (χ3n) is 2.77. The van der Waals surface area contributed by atoms with Gasteiger partial charge in [0, 0.05) is 6.54 Å². The molecule has 0 radical (unpaired) electrons. The number of ether oxygens (including phenoxy) is 1. The second kappa shape index (κ2) is 4.93. The van der Waals surface area contributed by atoms with E-state index < -0.39 is 0 Å². The van der Waals surface area contributed by atoms with Crippen LogP contribution in [0.25, 0.3) is 0 Å². The van der Waals surface area contributed by atoms with Crippen LogP contribution in [0.3, 0.4) is 0 Å². The quantitative estimate of drug-likeness (QED) is 0.755. The number of aldehydes is 1. The summed E-state index contributed by atoms with van der Waals surface area (Å²) < 4.78 is 5.39. The van der Waals surface area contributed by atoms with Crippen LogP contribution in [0.15, 0.2) is 0 Å². The third-order valence-corrected chi connectivity index (χ3v) is 3.83. The van der Waals surface area contributed by atoms with E-state index in [2.05, 4.69) is 16.8 Å². The molecule has 0 aliphatic carbocycles. The van der Waals surface area contributed by atoms with Gasteiger partial charge in [-0.1, -0.05) is 18.3 Å². The van der Waals surface area contributed by atoms with Gasteiger partial charge in [0.05, 0.1) is 29.8 Å². The lowest BCUT2D eigenvalue weighted by atomic mass is 10.3. The molecule has 0 aromatic carbocycles. The summed E-state index contributed by atoms with van der Waals surface area (Å²) in [6.45, 7) is 6.47. The van der Waals surface area contributed by atoms with E-state index in [0.717, 1.165) is 48.2 Å².